The van der Waals surface area contributed by atoms with E-state index in [-0.39, 0.29) is 42.5 Å². The highest BCUT2D eigenvalue weighted by Gasteiger charge is 2.34. The molecular formula is C33H35Br2N5O4. The van der Waals surface area contributed by atoms with Gasteiger partial charge in [0.25, 0.3) is 0 Å². The van der Waals surface area contributed by atoms with Crippen LogP contribution in [0.4, 0.5) is 16.2 Å². The first-order chi connectivity index (χ1) is 21.2. The van der Waals surface area contributed by atoms with Gasteiger partial charge in [-0.2, -0.15) is 0 Å². The molecule has 0 aliphatic carbocycles. The first kappa shape index (κ1) is 31.7. The molecule has 1 fully saturated rings. The van der Waals surface area contributed by atoms with Gasteiger partial charge in [0.2, 0.25) is 11.8 Å². The maximum atomic E-state index is 13.8. The molecule has 0 spiro atoms. The fraction of sp³-hybridized carbons (Fsp3) is 0.333. The van der Waals surface area contributed by atoms with Crippen LogP contribution in [0.1, 0.15) is 47.2 Å². The highest BCUT2D eigenvalue weighted by atomic mass is 79.9. The summed E-state index contributed by atoms with van der Waals surface area (Å²) in [4.78, 5) is 56.9. The number of amides is 4. The van der Waals surface area contributed by atoms with Crippen molar-refractivity contribution in [3.8, 4) is 0 Å². The van der Waals surface area contributed by atoms with E-state index in [9.17, 15) is 19.2 Å². The number of anilines is 2. The number of nitrogens with one attached hydrogen (secondary N) is 2. The Morgan fingerprint density at radius 3 is 2.32 bits per heavy atom. The second-order valence-corrected chi connectivity index (χ2v) is 12.9. The van der Waals surface area contributed by atoms with E-state index < -0.39 is 6.04 Å². The van der Waals surface area contributed by atoms with Crippen LogP contribution in [-0.2, 0) is 22.4 Å². The van der Waals surface area contributed by atoms with E-state index >= 15 is 0 Å². The van der Waals surface area contributed by atoms with Gasteiger partial charge in [0.1, 0.15) is 6.04 Å². The van der Waals surface area contributed by atoms with Gasteiger partial charge in [0.15, 0.2) is 5.78 Å². The number of benzene rings is 3. The number of hydrogen-bond acceptors (Lipinski definition) is 5. The molecular weight excluding hydrogens is 690 g/mol. The largest absolute Gasteiger partial charge is 0.397 e. The Kier molecular flexibility index (Phi) is 10.4. The maximum Gasteiger partial charge on any atom is 0.322 e. The number of likely N-dealkylation sites (tertiary alicyclic amines) is 1. The molecule has 1 atom stereocenters. The number of nitrogen functional groups attached to an aromatic ring is 1. The first-order valence-corrected chi connectivity index (χ1v) is 16.3. The average Bonchev–Trinajstić information content (AvgIpc) is 3.20. The molecule has 1 saturated heterocycles. The minimum Gasteiger partial charge on any atom is -0.397 e. The van der Waals surface area contributed by atoms with Crippen molar-refractivity contribution in [2.24, 2.45) is 0 Å². The monoisotopic (exact) mass is 723 g/mol. The average molecular weight is 725 g/mol. The normalized spacial score (nSPS) is 16.0. The summed E-state index contributed by atoms with van der Waals surface area (Å²) in [5.74, 6) is -0.884. The molecule has 0 bridgehead atoms. The number of ketones is 1. The lowest BCUT2D eigenvalue weighted by Crippen LogP contribution is -2.54. The predicted molar refractivity (Wildman–Crippen MR) is 177 cm³/mol. The molecule has 0 saturated carbocycles. The highest BCUT2D eigenvalue weighted by Crippen LogP contribution is 2.30. The van der Waals surface area contributed by atoms with Crippen molar-refractivity contribution in [1.82, 2.24) is 15.1 Å². The van der Waals surface area contributed by atoms with E-state index in [2.05, 4.69) is 42.5 Å². The van der Waals surface area contributed by atoms with Crippen LogP contribution in [-0.4, -0.2) is 65.1 Å². The van der Waals surface area contributed by atoms with E-state index in [0.717, 1.165) is 23.2 Å². The Morgan fingerprint density at radius 2 is 1.61 bits per heavy atom. The number of nitrogens with two attached hydrogens (primary N) is 1. The van der Waals surface area contributed by atoms with Crippen molar-refractivity contribution in [3.63, 3.8) is 0 Å². The van der Waals surface area contributed by atoms with Gasteiger partial charge < -0.3 is 26.2 Å². The summed E-state index contributed by atoms with van der Waals surface area (Å²) < 4.78 is 1.13. The van der Waals surface area contributed by atoms with E-state index in [1.165, 1.54) is 0 Å². The summed E-state index contributed by atoms with van der Waals surface area (Å²) in [5.41, 5.74) is 9.79. The Morgan fingerprint density at radius 1 is 0.955 bits per heavy atom. The third-order valence-corrected chi connectivity index (χ3v) is 9.58. The van der Waals surface area contributed by atoms with Gasteiger partial charge in [-0.05, 0) is 86.9 Å². The number of rotatable bonds is 9. The molecule has 9 nitrogen and oxygen atoms in total. The molecule has 2 heterocycles. The molecule has 44 heavy (non-hydrogen) atoms. The lowest BCUT2D eigenvalue weighted by Gasteiger charge is -2.39. The summed E-state index contributed by atoms with van der Waals surface area (Å²) in [5, 5.41) is 5.87. The summed E-state index contributed by atoms with van der Waals surface area (Å²) in [7, 11) is 0. The van der Waals surface area contributed by atoms with Gasteiger partial charge in [-0.15, -0.1) is 0 Å². The molecule has 0 unspecified atom stereocenters. The van der Waals surface area contributed by atoms with Crippen molar-refractivity contribution in [2.45, 2.75) is 50.6 Å². The molecule has 0 aromatic heterocycles. The molecule has 11 heteroatoms. The van der Waals surface area contributed by atoms with Crippen molar-refractivity contribution < 1.29 is 19.2 Å². The van der Waals surface area contributed by atoms with Crippen LogP contribution in [0.3, 0.4) is 0 Å². The van der Waals surface area contributed by atoms with Crippen molar-refractivity contribution >= 4 is 66.9 Å². The standard InChI is InChI=1S/C33H35Br2N5O4/c34-25-18-23(19-26(35)31(25)36)29(41)20-28(37-30(42)11-10-21-6-2-1-3-7-21)32(43)39-15-13-24(14-16-39)40-17-12-22-8-4-5-9-27(22)38-33(40)44/h1-9,18-19,24,28H,10-17,20,36H2,(H,37,42)(H,38,44)/t28-/m1/s1. The van der Waals surface area contributed by atoms with Gasteiger partial charge in [-0.25, -0.2) is 4.79 Å². The van der Waals surface area contributed by atoms with Crippen LogP contribution in [0.15, 0.2) is 75.7 Å². The van der Waals surface area contributed by atoms with Gasteiger partial charge in [0.05, 0.1) is 5.69 Å². The lowest BCUT2D eigenvalue weighted by molar-refractivity contribution is -0.137. The quantitative estimate of drug-likeness (QED) is 0.197. The Bertz CT molecular complexity index is 1520. The second-order valence-electron chi connectivity index (χ2n) is 11.2. The van der Waals surface area contributed by atoms with E-state index in [1.54, 1.807) is 17.0 Å². The van der Waals surface area contributed by atoms with Crippen LogP contribution < -0.4 is 16.4 Å². The molecule has 230 valence electrons. The number of Topliss-reactive ketones (excluding diaryl/α,β-unsaturated/α-hetero) is 1. The number of carbonyl (C=O) groups is 4. The SMILES string of the molecule is Nc1c(Br)cc(C(=O)C[C@@H](NC(=O)CCc2ccccc2)C(=O)N2CCC(N3CCc4ccccc4NC3=O)CC2)cc1Br. The van der Waals surface area contributed by atoms with Crippen LogP contribution in [0.2, 0.25) is 0 Å². The molecule has 3 aromatic carbocycles. The zero-order valence-corrected chi connectivity index (χ0v) is 27.4. The molecule has 5 rings (SSSR count). The number of aryl methyl sites for hydroxylation is 1. The number of piperidine rings is 1. The van der Waals surface area contributed by atoms with Crippen LogP contribution in [0, 0.1) is 0 Å². The first-order valence-electron chi connectivity index (χ1n) is 14.7. The summed E-state index contributed by atoms with van der Waals surface area (Å²) >= 11 is 6.75. The Labute approximate surface area is 273 Å². The van der Waals surface area contributed by atoms with Gasteiger partial charge >= 0.3 is 6.03 Å². The predicted octanol–water partition coefficient (Wildman–Crippen LogP) is 5.57. The third kappa shape index (κ3) is 7.68. The summed E-state index contributed by atoms with van der Waals surface area (Å²) in [6.07, 6.45) is 2.49. The Hall–Kier alpha value is -3.70. The van der Waals surface area contributed by atoms with Gasteiger partial charge in [-0.1, -0.05) is 48.5 Å². The van der Waals surface area contributed by atoms with E-state index in [4.69, 9.17) is 5.73 Å². The molecule has 4 amide bonds. The second kappa shape index (κ2) is 14.4. The molecule has 4 N–H and O–H groups in total. The lowest BCUT2D eigenvalue weighted by atomic mass is 9.99. The Balaban J connectivity index is 1.25. The maximum absolute atomic E-state index is 13.8. The number of fused-ring (bicyclic) bond motifs is 1. The number of hydrogen-bond donors (Lipinski definition) is 3. The van der Waals surface area contributed by atoms with Crippen molar-refractivity contribution in [2.75, 3.05) is 30.7 Å². The summed E-state index contributed by atoms with van der Waals surface area (Å²) in [6.45, 7) is 1.44. The van der Waals surface area contributed by atoms with Crippen molar-refractivity contribution in [1.29, 1.82) is 0 Å². The number of carbonyl (C=O) groups excluding carboxylic acids is 4. The minimum absolute atomic E-state index is 0.0154. The zero-order valence-electron chi connectivity index (χ0n) is 24.2. The van der Waals surface area contributed by atoms with E-state index in [0.29, 0.717) is 59.1 Å². The highest BCUT2D eigenvalue weighted by molar-refractivity contribution is 9.11. The molecule has 3 aromatic rings. The van der Waals surface area contributed by atoms with Gasteiger partial charge in [0, 0.05) is 58.7 Å². The number of halogens is 2. The molecule has 2 aliphatic heterocycles. The number of para-hydroxylation sites is 1. The zero-order chi connectivity index (χ0) is 31.2. The molecule has 2 aliphatic rings. The van der Waals surface area contributed by atoms with Crippen LogP contribution in [0.25, 0.3) is 0 Å². The topological polar surface area (TPSA) is 125 Å². The van der Waals surface area contributed by atoms with Crippen LogP contribution >= 0.6 is 31.9 Å². The fourth-order valence-electron chi connectivity index (χ4n) is 5.77. The molecule has 0 radical (unpaired) electrons. The van der Waals surface area contributed by atoms with E-state index in [1.807, 2.05) is 59.5 Å². The van der Waals surface area contributed by atoms with Crippen molar-refractivity contribution in [3.05, 3.63) is 92.4 Å². The van der Waals surface area contributed by atoms with Gasteiger partial charge in [-0.3, -0.25) is 14.4 Å². The minimum atomic E-state index is -1.02. The number of nitrogens with zero attached hydrogens (tertiary/aromatic N) is 2. The third-order valence-electron chi connectivity index (χ3n) is 8.27. The fourth-order valence-corrected chi connectivity index (χ4v) is 6.96. The smallest absolute Gasteiger partial charge is 0.322 e. The summed E-state index contributed by atoms with van der Waals surface area (Å²) in [6, 6.07) is 19.5. The number of urea groups is 1. The van der Waals surface area contributed by atoms with Crippen LogP contribution in [0.5, 0.6) is 0 Å².